The molecule has 80 valence electrons. The first-order chi connectivity index (χ1) is 6.22. The van der Waals surface area contributed by atoms with Crippen molar-refractivity contribution in [3.8, 4) is 0 Å². The maximum absolute atomic E-state index is 11.5. The number of hydrogen-bond donors (Lipinski definition) is 0. The first kappa shape index (κ1) is 12.5. The smallest absolute Gasteiger partial charge is 0.424 e. The van der Waals surface area contributed by atoms with E-state index < -0.39 is 24.9 Å². The van der Waals surface area contributed by atoms with Crippen molar-refractivity contribution in [1.82, 2.24) is 0 Å². The van der Waals surface area contributed by atoms with E-state index in [2.05, 4.69) is 16.1 Å². The second kappa shape index (κ2) is 4.64. The van der Waals surface area contributed by atoms with Gasteiger partial charge in [0.25, 0.3) is 0 Å². The van der Waals surface area contributed by atoms with Gasteiger partial charge in [0.1, 0.15) is 0 Å². The summed E-state index contributed by atoms with van der Waals surface area (Å²) < 4.78 is 41.8. The van der Waals surface area contributed by atoms with Crippen molar-refractivity contribution >= 4 is 12.1 Å². The Hall–Kier alpha value is -1.53. The fraction of sp³-hybridized carbons (Fsp3) is 0.429. The monoisotopic (exact) mass is 212 g/mol. The Morgan fingerprint density at radius 3 is 2.21 bits per heavy atom. The molecule has 0 aliphatic rings. The molecular formula is C7H7F3O4. The SMILES string of the molecule is C=C(C)C(=O)OC(=O)OCC(F)(F)F. The van der Waals surface area contributed by atoms with Crippen molar-refractivity contribution in [1.29, 1.82) is 0 Å². The van der Waals surface area contributed by atoms with Gasteiger partial charge in [-0.3, -0.25) is 0 Å². The first-order valence-electron chi connectivity index (χ1n) is 3.33. The van der Waals surface area contributed by atoms with Crippen LogP contribution >= 0.6 is 0 Å². The van der Waals surface area contributed by atoms with E-state index in [1.54, 1.807) is 0 Å². The van der Waals surface area contributed by atoms with Crippen LogP contribution in [0.1, 0.15) is 6.92 Å². The Kier molecular flexibility index (Phi) is 4.13. The maximum Gasteiger partial charge on any atom is 0.516 e. The van der Waals surface area contributed by atoms with Gasteiger partial charge in [-0.2, -0.15) is 13.2 Å². The summed E-state index contributed by atoms with van der Waals surface area (Å²) in [5.41, 5.74) is -0.117. The molecule has 0 atom stereocenters. The molecule has 7 heteroatoms. The van der Waals surface area contributed by atoms with Gasteiger partial charge in [-0.25, -0.2) is 9.59 Å². The summed E-state index contributed by atoms with van der Waals surface area (Å²) in [6.45, 7) is 2.55. The van der Waals surface area contributed by atoms with Crippen molar-refractivity contribution < 1.29 is 32.2 Å². The van der Waals surface area contributed by atoms with E-state index in [1.807, 2.05) is 0 Å². The van der Waals surface area contributed by atoms with Crippen molar-refractivity contribution in [2.24, 2.45) is 0 Å². The third-order valence-electron chi connectivity index (χ3n) is 0.878. The number of halogens is 3. The van der Waals surface area contributed by atoms with Crippen LogP contribution in [0.2, 0.25) is 0 Å². The molecule has 0 aromatic heterocycles. The first-order valence-corrected chi connectivity index (χ1v) is 3.33. The maximum atomic E-state index is 11.5. The molecule has 0 spiro atoms. The van der Waals surface area contributed by atoms with E-state index in [4.69, 9.17) is 0 Å². The van der Waals surface area contributed by atoms with E-state index in [0.29, 0.717) is 0 Å². The molecule has 0 saturated heterocycles. The van der Waals surface area contributed by atoms with E-state index in [0.717, 1.165) is 0 Å². The summed E-state index contributed by atoms with van der Waals surface area (Å²) in [5, 5.41) is 0. The number of carbonyl (C=O) groups excluding carboxylic acids is 2. The fourth-order valence-corrected chi connectivity index (χ4v) is 0.333. The molecule has 0 fully saturated rings. The lowest BCUT2D eigenvalue weighted by Crippen LogP contribution is -2.22. The second-order valence-corrected chi connectivity index (χ2v) is 2.32. The highest BCUT2D eigenvalue weighted by atomic mass is 19.4. The molecule has 0 bridgehead atoms. The van der Waals surface area contributed by atoms with Crippen LogP contribution in [0.15, 0.2) is 12.2 Å². The zero-order valence-electron chi connectivity index (χ0n) is 7.18. The van der Waals surface area contributed by atoms with Crippen molar-refractivity contribution in [3.05, 3.63) is 12.2 Å². The Bertz CT molecular complexity index is 256. The highest BCUT2D eigenvalue weighted by Gasteiger charge is 2.30. The second-order valence-electron chi connectivity index (χ2n) is 2.32. The lowest BCUT2D eigenvalue weighted by molar-refractivity contribution is -0.168. The predicted octanol–water partition coefficient (Wildman–Crippen LogP) is 1.80. The van der Waals surface area contributed by atoms with Gasteiger partial charge >= 0.3 is 18.3 Å². The van der Waals surface area contributed by atoms with Crippen LogP contribution in [-0.4, -0.2) is 24.9 Å². The highest BCUT2D eigenvalue weighted by molar-refractivity contribution is 5.93. The van der Waals surface area contributed by atoms with Gasteiger partial charge in [0.2, 0.25) is 0 Å². The highest BCUT2D eigenvalue weighted by Crippen LogP contribution is 2.14. The molecule has 0 N–H and O–H groups in total. The molecule has 0 saturated carbocycles. The van der Waals surface area contributed by atoms with E-state index >= 15 is 0 Å². The molecule has 0 aliphatic carbocycles. The third-order valence-corrected chi connectivity index (χ3v) is 0.878. The third kappa shape index (κ3) is 6.04. The summed E-state index contributed by atoms with van der Waals surface area (Å²) >= 11 is 0. The predicted molar refractivity (Wildman–Crippen MR) is 38.3 cm³/mol. The summed E-state index contributed by atoms with van der Waals surface area (Å²) in [6, 6.07) is 0. The van der Waals surface area contributed by atoms with Crippen molar-refractivity contribution in [2.75, 3.05) is 6.61 Å². The summed E-state index contributed by atoms with van der Waals surface area (Å²) in [4.78, 5) is 21.0. The molecule has 0 aromatic rings. The van der Waals surface area contributed by atoms with E-state index in [9.17, 15) is 22.8 Å². The zero-order chi connectivity index (χ0) is 11.4. The molecule has 0 amide bonds. The van der Waals surface area contributed by atoms with Crippen LogP contribution in [0.4, 0.5) is 18.0 Å². The molecule has 0 aliphatic heterocycles. The number of esters is 1. The Morgan fingerprint density at radius 1 is 1.36 bits per heavy atom. The zero-order valence-corrected chi connectivity index (χ0v) is 7.18. The average molecular weight is 212 g/mol. The molecular weight excluding hydrogens is 205 g/mol. The molecule has 0 rings (SSSR count). The van der Waals surface area contributed by atoms with Gasteiger partial charge in [-0.1, -0.05) is 6.58 Å². The van der Waals surface area contributed by atoms with Crippen LogP contribution in [0.25, 0.3) is 0 Å². The lowest BCUT2D eigenvalue weighted by atomic mass is 10.4. The minimum Gasteiger partial charge on any atom is -0.424 e. The molecule has 0 radical (unpaired) electrons. The average Bonchev–Trinajstić information content (AvgIpc) is 1.99. The number of ether oxygens (including phenoxy) is 2. The van der Waals surface area contributed by atoms with Gasteiger partial charge in [0.15, 0.2) is 6.61 Å². The quantitative estimate of drug-likeness (QED) is 0.398. The van der Waals surface area contributed by atoms with Gasteiger partial charge < -0.3 is 9.47 Å². The molecule has 4 nitrogen and oxygen atoms in total. The Balaban J connectivity index is 3.89. The molecule has 0 unspecified atom stereocenters. The Morgan fingerprint density at radius 2 is 1.86 bits per heavy atom. The number of alkyl halides is 3. The largest absolute Gasteiger partial charge is 0.516 e. The molecule has 0 heterocycles. The normalized spacial score (nSPS) is 10.6. The molecule has 0 aromatic carbocycles. The van der Waals surface area contributed by atoms with Gasteiger partial charge in [0.05, 0.1) is 0 Å². The van der Waals surface area contributed by atoms with Crippen molar-refractivity contribution in [3.63, 3.8) is 0 Å². The summed E-state index contributed by atoms with van der Waals surface area (Å²) in [7, 11) is 0. The minimum absolute atomic E-state index is 0.117. The van der Waals surface area contributed by atoms with E-state index in [-0.39, 0.29) is 5.57 Å². The number of hydrogen-bond acceptors (Lipinski definition) is 4. The van der Waals surface area contributed by atoms with Gasteiger partial charge in [-0.15, -0.1) is 0 Å². The van der Waals surface area contributed by atoms with Crippen LogP contribution in [-0.2, 0) is 14.3 Å². The summed E-state index contributed by atoms with van der Waals surface area (Å²) in [5.74, 6) is -1.13. The topological polar surface area (TPSA) is 52.6 Å². The Labute approximate surface area is 77.3 Å². The van der Waals surface area contributed by atoms with Gasteiger partial charge in [-0.05, 0) is 6.92 Å². The van der Waals surface area contributed by atoms with Crippen LogP contribution in [0, 0.1) is 0 Å². The number of rotatable bonds is 2. The lowest BCUT2D eigenvalue weighted by Gasteiger charge is -2.06. The van der Waals surface area contributed by atoms with Crippen LogP contribution in [0.3, 0.4) is 0 Å². The fourth-order valence-electron chi connectivity index (χ4n) is 0.333. The minimum atomic E-state index is -4.65. The van der Waals surface area contributed by atoms with Crippen LogP contribution < -0.4 is 0 Å². The summed E-state index contributed by atoms with van der Waals surface area (Å²) in [6.07, 6.45) is -6.35. The van der Waals surface area contributed by atoms with Crippen LogP contribution in [0.5, 0.6) is 0 Å². The molecule has 14 heavy (non-hydrogen) atoms. The van der Waals surface area contributed by atoms with Crippen molar-refractivity contribution in [2.45, 2.75) is 13.1 Å². The number of carbonyl (C=O) groups is 2. The van der Waals surface area contributed by atoms with Gasteiger partial charge in [0, 0.05) is 5.57 Å². The standard InChI is InChI=1S/C7H7F3O4/c1-4(2)5(11)14-6(12)13-3-7(8,9)10/h1,3H2,2H3. The van der Waals surface area contributed by atoms with E-state index in [1.165, 1.54) is 6.92 Å².